The van der Waals surface area contributed by atoms with Gasteiger partial charge in [0.1, 0.15) is 0 Å². The lowest BCUT2D eigenvalue weighted by molar-refractivity contribution is 0.0913. The number of sulfonamides is 1. The highest BCUT2D eigenvalue weighted by Crippen LogP contribution is 2.16. The number of anilines is 1. The van der Waals surface area contributed by atoms with Gasteiger partial charge in [0.15, 0.2) is 0 Å². The van der Waals surface area contributed by atoms with Gasteiger partial charge in [-0.3, -0.25) is 0 Å². The summed E-state index contributed by atoms with van der Waals surface area (Å²) in [6.45, 7) is 2.73. The van der Waals surface area contributed by atoms with Crippen molar-refractivity contribution in [1.82, 2.24) is 4.72 Å². The van der Waals surface area contributed by atoms with Crippen LogP contribution in [0.2, 0.25) is 0 Å². The Bertz CT molecular complexity index is 502. The number of hydrogen-bond acceptors (Lipinski definition) is 5. The Balaban J connectivity index is 2.49. The molecule has 0 bridgehead atoms. The molecule has 0 aromatic heterocycles. The van der Waals surface area contributed by atoms with Gasteiger partial charge in [0, 0.05) is 18.8 Å². The van der Waals surface area contributed by atoms with E-state index in [4.69, 9.17) is 15.6 Å². The molecule has 0 atom stereocenters. The van der Waals surface area contributed by atoms with Crippen LogP contribution in [0.25, 0.3) is 0 Å². The molecule has 0 saturated heterocycles. The summed E-state index contributed by atoms with van der Waals surface area (Å²) in [5.41, 5.74) is 6.99. The summed E-state index contributed by atoms with van der Waals surface area (Å²) >= 11 is 0. The topological polar surface area (TPSA) is 102 Å². The van der Waals surface area contributed by atoms with Crippen molar-refractivity contribution < 1.29 is 18.3 Å². The Kier molecular flexibility index (Phi) is 6.23. The second-order valence-corrected chi connectivity index (χ2v) is 5.87. The van der Waals surface area contributed by atoms with E-state index in [2.05, 4.69) is 4.72 Å². The lowest BCUT2D eigenvalue weighted by Gasteiger charge is -2.08. The lowest BCUT2D eigenvalue weighted by atomic mass is 10.2. The smallest absolute Gasteiger partial charge is 0.240 e. The molecule has 0 unspecified atom stereocenters. The predicted octanol–water partition coefficient (Wildman–Crippen LogP) is 0.255. The summed E-state index contributed by atoms with van der Waals surface area (Å²) < 4.78 is 31.4. The first kappa shape index (κ1) is 15.9. The maximum Gasteiger partial charge on any atom is 0.240 e. The summed E-state index contributed by atoms with van der Waals surface area (Å²) in [7, 11) is -3.53. The van der Waals surface area contributed by atoms with E-state index in [0.717, 1.165) is 5.56 Å². The van der Waals surface area contributed by atoms with E-state index in [1.54, 1.807) is 6.07 Å². The van der Waals surface area contributed by atoms with Gasteiger partial charge in [-0.2, -0.15) is 0 Å². The van der Waals surface area contributed by atoms with Gasteiger partial charge >= 0.3 is 0 Å². The minimum Gasteiger partial charge on any atom is -0.398 e. The van der Waals surface area contributed by atoms with Crippen LogP contribution in [0.15, 0.2) is 23.1 Å². The number of aliphatic hydroxyl groups is 1. The van der Waals surface area contributed by atoms with Crippen molar-refractivity contribution >= 4 is 15.7 Å². The predicted molar refractivity (Wildman–Crippen MR) is 73.3 cm³/mol. The van der Waals surface area contributed by atoms with Gasteiger partial charge < -0.3 is 15.6 Å². The number of benzene rings is 1. The van der Waals surface area contributed by atoms with Crippen LogP contribution in [0.5, 0.6) is 0 Å². The second kappa shape index (κ2) is 7.44. The number of nitrogens with two attached hydrogens (primary N) is 1. The van der Waals surface area contributed by atoms with E-state index in [1.807, 2.05) is 6.92 Å². The average molecular weight is 288 g/mol. The molecule has 0 saturated carbocycles. The van der Waals surface area contributed by atoms with Crippen molar-refractivity contribution in [3.63, 3.8) is 0 Å². The summed E-state index contributed by atoms with van der Waals surface area (Å²) in [6.07, 6.45) is 0.542. The molecule has 108 valence electrons. The van der Waals surface area contributed by atoms with E-state index in [1.165, 1.54) is 12.1 Å². The molecule has 0 radical (unpaired) electrons. The SMILES string of the molecule is Cc1ccc(S(=O)(=O)NCCCOCCO)cc1N. The zero-order valence-corrected chi connectivity index (χ0v) is 11.7. The fraction of sp³-hybridized carbons (Fsp3) is 0.500. The molecule has 4 N–H and O–H groups in total. The van der Waals surface area contributed by atoms with E-state index >= 15 is 0 Å². The zero-order chi connectivity index (χ0) is 14.3. The zero-order valence-electron chi connectivity index (χ0n) is 10.9. The first-order chi connectivity index (χ1) is 8.97. The van der Waals surface area contributed by atoms with Crippen LogP contribution in [0.3, 0.4) is 0 Å². The minimum absolute atomic E-state index is 0.0334. The number of aryl methyl sites for hydroxylation is 1. The summed E-state index contributed by atoms with van der Waals surface area (Å²) in [4.78, 5) is 0.159. The number of ether oxygens (including phenoxy) is 1. The molecule has 0 amide bonds. The standard InChI is InChI=1S/C12H20N2O4S/c1-10-3-4-11(9-12(10)13)19(16,17)14-5-2-7-18-8-6-15/h3-4,9,14-15H,2,5-8,13H2,1H3. The third-order valence-electron chi connectivity index (χ3n) is 2.55. The monoisotopic (exact) mass is 288 g/mol. The number of aliphatic hydroxyl groups excluding tert-OH is 1. The molecular weight excluding hydrogens is 268 g/mol. The van der Waals surface area contributed by atoms with Crippen molar-refractivity contribution in [2.45, 2.75) is 18.2 Å². The van der Waals surface area contributed by atoms with Gasteiger partial charge in [-0.05, 0) is 31.0 Å². The van der Waals surface area contributed by atoms with E-state index < -0.39 is 10.0 Å². The molecule has 0 aliphatic carbocycles. The van der Waals surface area contributed by atoms with E-state index in [9.17, 15) is 8.42 Å². The molecule has 0 fully saturated rings. The molecule has 1 aromatic rings. The quantitative estimate of drug-likeness (QED) is 0.470. The molecule has 7 heteroatoms. The minimum atomic E-state index is -3.53. The van der Waals surface area contributed by atoms with Crippen LogP contribution in [0.1, 0.15) is 12.0 Å². The van der Waals surface area contributed by atoms with Crippen molar-refractivity contribution in [2.75, 3.05) is 32.1 Å². The fourth-order valence-electron chi connectivity index (χ4n) is 1.42. The Morgan fingerprint density at radius 3 is 2.74 bits per heavy atom. The van der Waals surface area contributed by atoms with Crippen LogP contribution >= 0.6 is 0 Å². The van der Waals surface area contributed by atoms with Crippen LogP contribution < -0.4 is 10.5 Å². The van der Waals surface area contributed by atoms with Crippen LogP contribution in [-0.2, 0) is 14.8 Å². The number of hydrogen-bond donors (Lipinski definition) is 3. The summed E-state index contributed by atoms with van der Waals surface area (Å²) in [5, 5.41) is 8.50. The average Bonchev–Trinajstić information content (AvgIpc) is 2.36. The molecule has 0 aliphatic rings. The van der Waals surface area contributed by atoms with Crippen LogP contribution in [-0.4, -0.2) is 39.9 Å². The van der Waals surface area contributed by atoms with Gasteiger partial charge in [-0.15, -0.1) is 0 Å². The van der Waals surface area contributed by atoms with Crippen LogP contribution in [0, 0.1) is 6.92 Å². The maximum absolute atomic E-state index is 11.9. The maximum atomic E-state index is 11.9. The number of rotatable bonds is 8. The van der Waals surface area contributed by atoms with Crippen LogP contribution in [0.4, 0.5) is 5.69 Å². The highest BCUT2D eigenvalue weighted by atomic mass is 32.2. The van der Waals surface area contributed by atoms with Crippen molar-refractivity contribution in [3.8, 4) is 0 Å². The molecule has 0 aliphatic heterocycles. The van der Waals surface area contributed by atoms with Gasteiger partial charge in [0.05, 0.1) is 18.1 Å². The van der Waals surface area contributed by atoms with Gasteiger partial charge in [0.2, 0.25) is 10.0 Å². The lowest BCUT2D eigenvalue weighted by Crippen LogP contribution is -2.25. The van der Waals surface area contributed by atoms with Crippen molar-refractivity contribution in [3.05, 3.63) is 23.8 Å². The van der Waals surface area contributed by atoms with Gasteiger partial charge in [-0.25, -0.2) is 13.1 Å². The highest BCUT2D eigenvalue weighted by Gasteiger charge is 2.13. The normalized spacial score (nSPS) is 11.7. The summed E-state index contributed by atoms with van der Waals surface area (Å²) in [6, 6.07) is 4.64. The van der Waals surface area contributed by atoms with Crippen molar-refractivity contribution in [2.24, 2.45) is 0 Å². The first-order valence-corrected chi connectivity index (χ1v) is 7.50. The molecule has 1 aromatic carbocycles. The number of nitrogens with one attached hydrogen (secondary N) is 1. The molecule has 0 heterocycles. The molecule has 19 heavy (non-hydrogen) atoms. The molecular formula is C12H20N2O4S. The molecule has 6 nitrogen and oxygen atoms in total. The number of nitrogen functional groups attached to an aromatic ring is 1. The Hall–Kier alpha value is -1.15. The fourth-order valence-corrected chi connectivity index (χ4v) is 2.53. The largest absolute Gasteiger partial charge is 0.398 e. The van der Waals surface area contributed by atoms with E-state index in [0.29, 0.717) is 18.7 Å². The molecule has 1 rings (SSSR count). The van der Waals surface area contributed by atoms with Crippen molar-refractivity contribution in [1.29, 1.82) is 0 Å². The van der Waals surface area contributed by atoms with Gasteiger partial charge in [0.25, 0.3) is 0 Å². The summed E-state index contributed by atoms with van der Waals surface area (Å²) in [5.74, 6) is 0. The van der Waals surface area contributed by atoms with Gasteiger partial charge in [-0.1, -0.05) is 6.07 Å². The Morgan fingerprint density at radius 2 is 2.11 bits per heavy atom. The Labute approximate surface area is 113 Å². The second-order valence-electron chi connectivity index (χ2n) is 4.11. The first-order valence-electron chi connectivity index (χ1n) is 6.02. The Morgan fingerprint density at radius 1 is 1.37 bits per heavy atom. The van der Waals surface area contributed by atoms with E-state index in [-0.39, 0.29) is 24.7 Å². The highest BCUT2D eigenvalue weighted by molar-refractivity contribution is 7.89. The molecule has 0 spiro atoms. The third kappa shape index (κ3) is 5.15. The third-order valence-corrected chi connectivity index (χ3v) is 4.01.